The molecule has 0 aliphatic carbocycles. The molecule has 1 aromatic heterocycles. The molecule has 0 saturated heterocycles. The van der Waals surface area contributed by atoms with E-state index in [-0.39, 0.29) is 0 Å². The van der Waals surface area contributed by atoms with Crippen LogP contribution in [0.3, 0.4) is 0 Å². The first-order valence-corrected chi connectivity index (χ1v) is 23.4. The van der Waals surface area contributed by atoms with Crippen LogP contribution in [0.4, 0.5) is 17.1 Å². The Kier molecular flexibility index (Phi) is 9.54. The molecular weight excluding hydrogens is 821 g/mol. The number of nitrogens with zero attached hydrogens (tertiary/aromatic N) is 2. The van der Waals surface area contributed by atoms with Gasteiger partial charge in [-0.15, -0.1) is 0 Å². The predicted octanol–water partition coefficient (Wildman–Crippen LogP) is 18.4. The van der Waals surface area contributed by atoms with Crippen molar-refractivity contribution in [3.8, 4) is 50.2 Å². The van der Waals surface area contributed by atoms with Gasteiger partial charge in [0, 0.05) is 33.5 Å². The van der Waals surface area contributed by atoms with Gasteiger partial charge in [-0.1, -0.05) is 200 Å². The lowest BCUT2D eigenvalue weighted by Crippen LogP contribution is -2.09. The highest BCUT2D eigenvalue weighted by molar-refractivity contribution is 6.10. The number of aromatic nitrogens is 1. The summed E-state index contributed by atoms with van der Waals surface area (Å²) in [6.45, 7) is 0. The summed E-state index contributed by atoms with van der Waals surface area (Å²) >= 11 is 0. The quantitative estimate of drug-likeness (QED) is 0.148. The molecule has 0 unspecified atom stereocenters. The maximum absolute atomic E-state index is 2.40. The monoisotopic (exact) mass is 864 g/mol. The molecule has 0 bridgehead atoms. The molecule has 0 radical (unpaired) electrons. The molecule has 0 amide bonds. The van der Waals surface area contributed by atoms with Gasteiger partial charge in [0.2, 0.25) is 0 Å². The van der Waals surface area contributed by atoms with Crippen LogP contribution in [0.15, 0.2) is 267 Å². The SMILES string of the molecule is c1ccc2c(-c3ccc(N(c4ccc(-c5ccc6c(c5)c5ccccc5n6-c5ccc(-c6cccc7ccccc67)cc5)cc4)c4ccc(-c5cccc6ccccc56)cc4)cc3)cccc2c1. The summed E-state index contributed by atoms with van der Waals surface area (Å²) in [6, 6.07) is 97.4. The Balaban J connectivity index is 0.863. The fourth-order valence-corrected chi connectivity index (χ4v) is 10.5. The average molecular weight is 865 g/mol. The zero-order valence-electron chi connectivity index (χ0n) is 37.3. The largest absolute Gasteiger partial charge is 0.311 e. The highest BCUT2D eigenvalue weighted by Gasteiger charge is 2.17. The van der Waals surface area contributed by atoms with Crippen molar-refractivity contribution in [3.63, 3.8) is 0 Å². The number of para-hydroxylation sites is 1. The minimum Gasteiger partial charge on any atom is -0.311 e. The van der Waals surface area contributed by atoms with Gasteiger partial charge in [0.05, 0.1) is 11.0 Å². The molecule has 0 fully saturated rings. The minimum absolute atomic E-state index is 1.09. The molecule has 68 heavy (non-hydrogen) atoms. The van der Waals surface area contributed by atoms with Gasteiger partial charge in [-0.05, 0) is 144 Å². The molecule has 0 aliphatic heterocycles. The number of anilines is 3. The van der Waals surface area contributed by atoms with Crippen molar-refractivity contribution in [1.29, 1.82) is 0 Å². The van der Waals surface area contributed by atoms with E-state index in [0.717, 1.165) is 22.7 Å². The van der Waals surface area contributed by atoms with Crippen molar-refractivity contribution in [2.75, 3.05) is 4.90 Å². The molecule has 12 aromatic carbocycles. The summed E-state index contributed by atoms with van der Waals surface area (Å²) < 4.78 is 2.40. The Morgan fingerprint density at radius 2 is 0.588 bits per heavy atom. The van der Waals surface area contributed by atoms with Crippen LogP contribution in [-0.2, 0) is 0 Å². The Morgan fingerprint density at radius 3 is 1.06 bits per heavy atom. The third-order valence-electron chi connectivity index (χ3n) is 13.8. The number of benzene rings is 12. The second-order valence-electron chi connectivity index (χ2n) is 17.7. The molecule has 0 spiro atoms. The van der Waals surface area contributed by atoms with Gasteiger partial charge in [-0.25, -0.2) is 0 Å². The van der Waals surface area contributed by atoms with E-state index in [9.17, 15) is 0 Å². The first kappa shape index (κ1) is 39.4. The van der Waals surface area contributed by atoms with Crippen molar-refractivity contribution in [3.05, 3.63) is 267 Å². The molecular formula is C66H44N2. The molecule has 13 rings (SSSR count). The minimum atomic E-state index is 1.09. The first-order chi connectivity index (χ1) is 33.7. The summed E-state index contributed by atoms with van der Waals surface area (Å²) in [5.41, 5.74) is 16.5. The van der Waals surface area contributed by atoms with E-state index in [1.807, 2.05) is 0 Å². The highest BCUT2D eigenvalue weighted by Crippen LogP contribution is 2.41. The van der Waals surface area contributed by atoms with Crippen LogP contribution >= 0.6 is 0 Å². The summed E-state index contributed by atoms with van der Waals surface area (Å²) in [6.07, 6.45) is 0. The van der Waals surface area contributed by atoms with E-state index in [2.05, 4.69) is 276 Å². The topological polar surface area (TPSA) is 8.17 Å². The van der Waals surface area contributed by atoms with Crippen molar-refractivity contribution < 1.29 is 0 Å². The lowest BCUT2D eigenvalue weighted by atomic mass is 9.97. The molecule has 0 aliphatic rings. The lowest BCUT2D eigenvalue weighted by Gasteiger charge is -2.26. The summed E-state index contributed by atoms with van der Waals surface area (Å²) in [5, 5.41) is 10.0. The molecule has 2 heteroatoms. The van der Waals surface area contributed by atoms with Crippen LogP contribution < -0.4 is 4.90 Å². The highest BCUT2D eigenvalue weighted by atomic mass is 15.1. The second kappa shape index (κ2) is 16.5. The number of fused-ring (bicyclic) bond motifs is 6. The van der Waals surface area contributed by atoms with Gasteiger partial charge in [0.1, 0.15) is 0 Å². The van der Waals surface area contributed by atoms with E-state index >= 15 is 0 Å². The van der Waals surface area contributed by atoms with Crippen LogP contribution in [0.25, 0.3) is 104 Å². The normalized spacial score (nSPS) is 11.5. The fourth-order valence-electron chi connectivity index (χ4n) is 10.5. The summed E-state index contributed by atoms with van der Waals surface area (Å²) in [4.78, 5) is 2.37. The summed E-state index contributed by atoms with van der Waals surface area (Å²) in [7, 11) is 0. The predicted molar refractivity (Wildman–Crippen MR) is 290 cm³/mol. The zero-order chi connectivity index (χ0) is 45.0. The molecule has 0 saturated carbocycles. The van der Waals surface area contributed by atoms with Crippen molar-refractivity contribution in [1.82, 2.24) is 4.57 Å². The maximum Gasteiger partial charge on any atom is 0.0541 e. The Labute approximate surface area is 395 Å². The van der Waals surface area contributed by atoms with Gasteiger partial charge < -0.3 is 9.47 Å². The van der Waals surface area contributed by atoms with Crippen LogP contribution in [-0.4, -0.2) is 4.57 Å². The molecule has 0 N–H and O–H groups in total. The van der Waals surface area contributed by atoms with E-state index in [0.29, 0.717) is 0 Å². The van der Waals surface area contributed by atoms with Gasteiger partial charge in [0.15, 0.2) is 0 Å². The van der Waals surface area contributed by atoms with Crippen LogP contribution in [0.1, 0.15) is 0 Å². The van der Waals surface area contributed by atoms with Gasteiger partial charge in [-0.2, -0.15) is 0 Å². The van der Waals surface area contributed by atoms with E-state index < -0.39 is 0 Å². The Hall–Kier alpha value is -8.98. The van der Waals surface area contributed by atoms with E-state index in [1.165, 1.54) is 98.6 Å². The first-order valence-electron chi connectivity index (χ1n) is 23.4. The number of hydrogen-bond acceptors (Lipinski definition) is 1. The third kappa shape index (κ3) is 6.82. The van der Waals surface area contributed by atoms with E-state index in [4.69, 9.17) is 0 Å². The zero-order valence-corrected chi connectivity index (χ0v) is 37.3. The van der Waals surface area contributed by atoms with Crippen molar-refractivity contribution >= 4 is 71.2 Å². The smallest absolute Gasteiger partial charge is 0.0541 e. The van der Waals surface area contributed by atoms with Crippen molar-refractivity contribution in [2.24, 2.45) is 0 Å². The van der Waals surface area contributed by atoms with Gasteiger partial charge in [-0.3, -0.25) is 0 Å². The van der Waals surface area contributed by atoms with Gasteiger partial charge >= 0.3 is 0 Å². The molecule has 13 aromatic rings. The van der Waals surface area contributed by atoms with Crippen LogP contribution in [0.5, 0.6) is 0 Å². The van der Waals surface area contributed by atoms with Crippen LogP contribution in [0.2, 0.25) is 0 Å². The van der Waals surface area contributed by atoms with E-state index in [1.54, 1.807) is 0 Å². The average Bonchev–Trinajstić information content (AvgIpc) is 3.75. The molecule has 318 valence electrons. The standard InChI is InChI=1S/C66H44N2/c1-4-18-57-46(12-1)15-9-22-60(57)49-28-37-54(38-29-49)67(55-39-30-50(31-40-55)61-23-10-16-47-13-2-5-19-58(47)61)53-35-26-45(27-36-53)52-34-43-66-64(44-52)63-21-7-8-25-65(63)68(66)56-41-32-51(33-42-56)62-24-11-17-48-14-3-6-20-59(48)62/h1-44H. The second-order valence-corrected chi connectivity index (χ2v) is 17.7. The number of rotatable bonds is 8. The fraction of sp³-hybridized carbons (Fsp3) is 0. The third-order valence-corrected chi connectivity index (χ3v) is 13.8. The van der Waals surface area contributed by atoms with Gasteiger partial charge in [0.25, 0.3) is 0 Å². The van der Waals surface area contributed by atoms with Crippen LogP contribution in [0, 0.1) is 0 Å². The Morgan fingerprint density at radius 1 is 0.235 bits per heavy atom. The van der Waals surface area contributed by atoms with Crippen molar-refractivity contribution in [2.45, 2.75) is 0 Å². The number of hydrogen-bond donors (Lipinski definition) is 0. The molecule has 2 nitrogen and oxygen atoms in total. The maximum atomic E-state index is 2.40. The molecule has 1 heterocycles. The lowest BCUT2D eigenvalue weighted by molar-refractivity contribution is 1.18. The molecule has 0 atom stereocenters. The Bertz CT molecular complexity index is 3850. The summed E-state index contributed by atoms with van der Waals surface area (Å²) in [5.74, 6) is 0.